The lowest BCUT2D eigenvalue weighted by molar-refractivity contribution is -0.192. The van der Waals surface area contributed by atoms with Gasteiger partial charge in [0.15, 0.2) is 0 Å². The van der Waals surface area contributed by atoms with Crippen molar-refractivity contribution in [2.75, 3.05) is 31.1 Å². The highest BCUT2D eigenvalue weighted by atomic mass is 19.4. The molecule has 0 unspecified atom stereocenters. The van der Waals surface area contributed by atoms with Gasteiger partial charge in [-0.3, -0.25) is 4.90 Å². The summed E-state index contributed by atoms with van der Waals surface area (Å²) >= 11 is 0. The molecule has 0 amide bonds. The third-order valence-corrected chi connectivity index (χ3v) is 4.93. The lowest BCUT2D eigenvalue weighted by Gasteiger charge is -2.37. The second-order valence-corrected chi connectivity index (χ2v) is 7.54. The zero-order valence-corrected chi connectivity index (χ0v) is 18.2. The topological polar surface area (TPSA) is 93.4 Å². The summed E-state index contributed by atoms with van der Waals surface area (Å²) in [5.74, 6) is -2.12. The summed E-state index contributed by atoms with van der Waals surface area (Å²) in [5, 5.41) is 16.4. The minimum absolute atomic E-state index is 0.00804. The van der Waals surface area contributed by atoms with E-state index in [-0.39, 0.29) is 5.82 Å². The first-order valence-electron chi connectivity index (χ1n) is 9.98. The molecule has 1 aliphatic heterocycles. The molecule has 0 radical (unpaired) electrons. The molecule has 0 aliphatic carbocycles. The fourth-order valence-corrected chi connectivity index (χ4v) is 3.09. The third kappa shape index (κ3) is 7.31. The van der Waals surface area contributed by atoms with E-state index in [1.54, 1.807) is 6.07 Å². The summed E-state index contributed by atoms with van der Waals surface area (Å²) in [6, 6.07) is 8.91. The van der Waals surface area contributed by atoms with Gasteiger partial charge in [-0.2, -0.15) is 31.6 Å². The number of piperazine rings is 1. The molecule has 1 aliphatic rings. The Hall–Kier alpha value is -3.40. The lowest BCUT2D eigenvalue weighted by atomic mass is 10.1. The Bertz CT molecular complexity index is 1020. The van der Waals surface area contributed by atoms with Gasteiger partial charge in [-0.15, -0.1) is 0 Å². The highest BCUT2D eigenvalue weighted by Crippen LogP contribution is 2.31. The molecule has 34 heavy (non-hydrogen) atoms. The smallest absolute Gasteiger partial charge is 0.475 e. The minimum Gasteiger partial charge on any atom is -0.475 e. The quantitative estimate of drug-likeness (QED) is 0.646. The molecule has 13 heteroatoms. The summed E-state index contributed by atoms with van der Waals surface area (Å²) in [7, 11) is 0. The molecule has 2 heterocycles. The van der Waals surface area contributed by atoms with E-state index in [0.29, 0.717) is 23.1 Å². The summed E-state index contributed by atoms with van der Waals surface area (Å²) in [6.07, 6.45) is -9.47. The van der Waals surface area contributed by atoms with E-state index in [4.69, 9.17) is 9.90 Å². The second-order valence-electron chi connectivity index (χ2n) is 7.54. The number of hydrogen-bond donors (Lipinski definition) is 1. The van der Waals surface area contributed by atoms with Gasteiger partial charge in [0.25, 0.3) is 0 Å². The first-order chi connectivity index (χ1) is 15.7. The first kappa shape index (κ1) is 26.8. The summed E-state index contributed by atoms with van der Waals surface area (Å²) in [4.78, 5) is 21.8. The van der Waals surface area contributed by atoms with Crippen molar-refractivity contribution in [1.82, 2.24) is 14.9 Å². The minimum atomic E-state index is -5.08. The van der Waals surface area contributed by atoms with Crippen LogP contribution in [0.4, 0.5) is 32.2 Å². The van der Waals surface area contributed by atoms with E-state index < -0.39 is 23.9 Å². The number of nitriles is 1. The average Bonchev–Trinajstić information content (AvgIpc) is 2.78. The molecule has 1 N–H and O–H groups in total. The molecule has 0 atom stereocenters. The molecule has 0 spiro atoms. The van der Waals surface area contributed by atoms with Gasteiger partial charge >= 0.3 is 18.3 Å². The zero-order valence-electron chi connectivity index (χ0n) is 18.2. The van der Waals surface area contributed by atoms with Crippen molar-refractivity contribution in [1.29, 1.82) is 5.26 Å². The van der Waals surface area contributed by atoms with Gasteiger partial charge in [0.2, 0.25) is 5.82 Å². The van der Waals surface area contributed by atoms with Gasteiger partial charge in [0.05, 0.1) is 11.3 Å². The predicted molar refractivity (Wildman–Crippen MR) is 110 cm³/mol. The van der Waals surface area contributed by atoms with Crippen LogP contribution in [0.2, 0.25) is 0 Å². The van der Waals surface area contributed by atoms with E-state index in [1.165, 1.54) is 12.1 Å². The van der Waals surface area contributed by atoms with Gasteiger partial charge in [0.1, 0.15) is 11.9 Å². The van der Waals surface area contributed by atoms with Crippen LogP contribution in [0.15, 0.2) is 30.3 Å². The van der Waals surface area contributed by atoms with Crippen molar-refractivity contribution in [3.63, 3.8) is 0 Å². The molecule has 0 saturated carbocycles. The van der Waals surface area contributed by atoms with Crippen LogP contribution < -0.4 is 4.90 Å². The number of halogens is 6. The van der Waals surface area contributed by atoms with Crippen LogP contribution in [0.5, 0.6) is 0 Å². The number of aliphatic carboxylic acids is 1. The van der Waals surface area contributed by atoms with Gasteiger partial charge in [-0.1, -0.05) is 12.1 Å². The highest BCUT2D eigenvalue weighted by Gasteiger charge is 2.38. The number of hydrogen-bond acceptors (Lipinski definition) is 6. The fourth-order valence-electron chi connectivity index (χ4n) is 3.09. The number of carboxylic acids is 1. The molecule has 0 bridgehead atoms. The van der Waals surface area contributed by atoms with Gasteiger partial charge < -0.3 is 10.0 Å². The van der Waals surface area contributed by atoms with E-state index in [2.05, 4.69) is 33.6 Å². The summed E-state index contributed by atoms with van der Waals surface area (Å²) < 4.78 is 70.0. The van der Waals surface area contributed by atoms with Crippen LogP contribution >= 0.6 is 0 Å². The van der Waals surface area contributed by atoms with E-state index in [1.807, 2.05) is 6.07 Å². The van der Waals surface area contributed by atoms with Gasteiger partial charge in [-0.05, 0) is 26.0 Å². The Balaban J connectivity index is 0.000000509. The number of anilines is 1. The van der Waals surface area contributed by atoms with E-state index in [0.717, 1.165) is 38.3 Å². The molecule has 3 rings (SSSR count). The van der Waals surface area contributed by atoms with Crippen LogP contribution in [0.1, 0.15) is 25.2 Å². The number of carboxylic acid groups (broad SMARTS) is 1. The number of aromatic nitrogens is 2. The van der Waals surface area contributed by atoms with E-state index >= 15 is 0 Å². The first-order valence-corrected chi connectivity index (χ1v) is 9.98. The SMILES string of the molecule is CC(C)N1CCN(c2cc(-c3ccc(C(F)(F)F)cc3)nc(C#N)n2)CC1.O=C(O)C(F)(F)F. The lowest BCUT2D eigenvalue weighted by Crippen LogP contribution is -2.49. The third-order valence-electron chi connectivity index (χ3n) is 4.93. The number of carbonyl (C=O) groups is 1. The van der Waals surface area contributed by atoms with Crippen LogP contribution in [-0.4, -0.2) is 64.3 Å². The van der Waals surface area contributed by atoms with Crippen LogP contribution in [-0.2, 0) is 11.0 Å². The van der Waals surface area contributed by atoms with Crippen LogP contribution in [0.3, 0.4) is 0 Å². The monoisotopic (exact) mass is 489 g/mol. The molecule has 1 aromatic heterocycles. The van der Waals surface area contributed by atoms with Crippen molar-refractivity contribution < 1.29 is 36.2 Å². The fraction of sp³-hybridized carbons (Fsp3) is 0.429. The normalized spacial score (nSPS) is 14.9. The molecule has 1 fully saturated rings. The van der Waals surface area contributed by atoms with Crippen LogP contribution in [0.25, 0.3) is 11.3 Å². The average molecular weight is 489 g/mol. The van der Waals surface area contributed by atoms with Crippen molar-refractivity contribution in [3.05, 3.63) is 41.7 Å². The van der Waals surface area contributed by atoms with Gasteiger partial charge in [0, 0.05) is 43.9 Å². The van der Waals surface area contributed by atoms with Crippen molar-refractivity contribution in [3.8, 4) is 17.3 Å². The van der Waals surface area contributed by atoms with E-state index in [9.17, 15) is 31.6 Å². The number of alkyl halides is 6. The molecule has 1 saturated heterocycles. The van der Waals surface area contributed by atoms with Crippen LogP contribution in [0, 0.1) is 11.3 Å². The van der Waals surface area contributed by atoms with Crippen molar-refractivity contribution >= 4 is 11.8 Å². The maximum absolute atomic E-state index is 12.8. The number of benzene rings is 1. The maximum Gasteiger partial charge on any atom is 0.490 e. The Morgan fingerprint density at radius 1 is 1.03 bits per heavy atom. The Kier molecular flexibility index (Phi) is 8.44. The molecular weight excluding hydrogens is 468 g/mol. The maximum atomic E-state index is 12.8. The van der Waals surface area contributed by atoms with Gasteiger partial charge in [-0.25, -0.2) is 14.8 Å². The summed E-state index contributed by atoms with van der Waals surface area (Å²) in [6.45, 7) is 7.62. The highest BCUT2D eigenvalue weighted by molar-refractivity contribution is 5.73. The Labute approximate surface area is 191 Å². The Morgan fingerprint density at radius 3 is 1.97 bits per heavy atom. The molecule has 2 aromatic rings. The number of nitrogens with zero attached hydrogens (tertiary/aromatic N) is 5. The van der Waals surface area contributed by atoms with Crippen molar-refractivity contribution in [2.45, 2.75) is 32.2 Å². The largest absolute Gasteiger partial charge is 0.490 e. The molecule has 7 nitrogen and oxygen atoms in total. The number of rotatable bonds is 3. The molecule has 184 valence electrons. The molecule has 1 aromatic carbocycles. The van der Waals surface area contributed by atoms with Crippen molar-refractivity contribution in [2.24, 2.45) is 0 Å². The summed E-state index contributed by atoms with van der Waals surface area (Å²) in [5.41, 5.74) is 0.242. The Morgan fingerprint density at radius 2 is 1.56 bits per heavy atom. The second kappa shape index (κ2) is 10.7. The zero-order chi connectivity index (χ0) is 25.7. The predicted octanol–water partition coefficient (Wildman–Crippen LogP) is 4.20. The molecular formula is C21H21F6N5O2. The standard InChI is InChI=1S/C19H20F3N5.C2HF3O2/c1-13(2)26-7-9-27(10-8-26)18-11-16(24-17(12-23)25-18)14-3-5-15(6-4-14)19(20,21)22;3-2(4,5)1(6)7/h3-6,11,13H,7-10H2,1-2H3;(H,6,7).